The second kappa shape index (κ2) is 5.23. The molecule has 17 heavy (non-hydrogen) atoms. The van der Waals surface area contributed by atoms with Crippen molar-refractivity contribution in [2.24, 2.45) is 0 Å². The molecule has 0 saturated heterocycles. The molecule has 0 aromatic carbocycles. The standard InChI is InChI=1S/C14H24N2O/c1-12-6-9-17-13(12)10-15-11-14(16(2)3)7-4-5-8-14/h6,9,15H,4-5,7-8,10-11H2,1-3H3. The third kappa shape index (κ3) is 2.72. The first-order chi connectivity index (χ1) is 8.14. The summed E-state index contributed by atoms with van der Waals surface area (Å²) in [6.07, 6.45) is 7.11. The predicted octanol–water partition coefficient (Wildman–Crippen LogP) is 2.55. The Hall–Kier alpha value is -0.800. The number of hydrogen-bond acceptors (Lipinski definition) is 3. The van der Waals surface area contributed by atoms with Gasteiger partial charge in [0.25, 0.3) is 0 Å². The lowest BCUT2D eigenvalue weighted by molar-refractivity contribution is 0.152. The van der Waals surface area contributed by atoms with E-state index in [-0.39, 0.29) is 0 Å². The lowest BCUT2D eigenvalue weighted by Gasteiger charge is -2.36. The van der Waals surface area contributed by atoms with Gasteiger partial charge in [-0.15, -0.1) is 0 Å². The molecule has 1 aliphatic carbocycles. The summed E-state index contributed by atoms with van der Waals surface area (Å²) < 4.78 is 5.45. The Bertz CT molecular complexity index is 351. The molecule has 0 spiro atoms. The Morgan fingerprint density at radius 3 is 2.59 bits per heavy atom. The Kier molecular flexibility index (Phi) is 3.89. The molecule has 1 aromatic heterocycles. The summed E-state index contributed by atoms with van der Waals surface area (Å²) in [5.74, 6) is 1.07. The molecule has 0 amide bonds. The normalized spacial score (nSPS) is 19.1. The number of rotatable bonds is 5. The van der Waals surface area contributed by atoms with Gasteiger partial charge in [0, 0.05) is 12.1 Å². The van der Waals surface area contributed by atoms with Crippen molar-refractivity contribution in [3.63, 3.8) is 0 Å². The number of hydrogen-bond donors (Lipinski definition) is 1. The topological polar surface area (TPSA) is 28.4 Å². The second-order valence-corrected chi connectivity index (χ2v) is 5.46. The third-order valence-corrected chi connectivity index (χ3v) is 4.19. The number of nitrogens with one attached hydrogen (secondary N) is 1. The van der Waals surface area contributed by atoms with E-state index in [0.29, 0.717) is 5.54 Å². The molecule has 1 aromatic rings. The average Bonchev–Trinajstić information content (AvgIpc) is 2.90. The van der Waals surface area contributed by atoms with Crippen LogP contribution in [0.5, 0.6) is 0 Å². The van der Waals surface area contributed by atoms with E-state index in [1.165, 1.54) is 31.2 Å². The molecule has 1 fully saturated rings. The first-order valence-electron chi connectivity index (χ1n) is 6.55. The Morgan fingerprint density at radius 2 is 2.06 bits per heavy atom. The van der Waals surface area contributed by atoms with Gasteiger partial charge in [0.05, 0.1) is 12.8 Å². The maximum absolute atomic E-state index is 5.45. The van der Waals surface area contributed by atoms with Crippen molar-refractivity contribution in [3.05, 3.63) is 23.7 Å². The Morgan fingerprint density at radius 1 is 1.35 bits per heavy atom. The first-order valence-corrected chi connectivity index (χ1v) is 6.55. The molecular weight excluding hydrogens is 212 g/mol. The summed E-state index contributed by atoms with van der Waals surface area (Å²) in [7, 11) is 4.40. The van der Waals surface area contributed by atoms with E-state index in [9.17, 15) is 0 Å². The van der Waals surface area contributed by atoms with E-state index >= 15 is 0 Å². The molecule has 3 nitrogen and oxygen atoms in total. The van der Waals surface area contributed by atoms with Crippen LogP contribution in [0.4, 0.5) is 0 Å². The fourth-order valence-corrected chi connectivity index (χ4v) is 2.81. The number of furan rings is 1. The van der Waals surface area contributed by atoms with Gasteiger partial charge in [-0.2, -0.15) is 0 Å². The van der Waals surface area contributed by atoms with E-state index in [2.05, 4.69) is 31.2 Å². The van der Waals surface area contributed by atoms with Gasteiger partial charge >= 0.3 is 0 Å². The third-order valence-electron chi connectivity index (χ3n) is 4.19. The quantitative estimate of drug-likeness (QED) is 0.851. The molecule has 1 saturated carbocycles. The van der Waals surface area contributed by atoms with Crippen molar-refractivity contribution in [1.82, 2.24) is 10.2 Å². The molecule has 0 unspecified atom stereocenters. The highest BCUT2D eigenvalue weighted by molar-refractivity contribution is 5.14. The monoisotopic (exact) mass is 236 g/mol. The fourth-order valence-electron chi connectivity index (χ4n) is 2.81. The SMILES string of the molecule is Cc1ccoc1CNCC1(N(C)C)CCCC1. The maximum Gasteiger partial charge on any atom is 0.120 e. The molecule has 0 bridgehead atoms. The minimum atomic E-state index is 0.362. The second-order valence-electron chi connectivity index (χ2n) is 5.46. The zero-order valence-electron chi connectivity index (χ0n) is 11.3. The van der Waals surface area contributed by atoms with E-state index in [4.69, 9.17) is 4.42 Å². The van der Waals surface area contributed by atoms with Crippen LogP contribution in [-0.4, -0.2) is 31.1 Å². The molecule has 1 heterocycles. The lowest BCUT2D eigenvalue weighted by atomic mass is 9.96. The minimum absolute atomic E-state index is 0.362. The van der Waals surface area contributed by atoms with E-state index in [1.54, 1.807) is 6.26 Å². The van der Waals surface area contributed by atoms with E-state index in [0.717, 1.165) is 18.8 Å². The molecular formula is C14H24N2O. The largest absolute Gasteiger partial charge is 0.468 e. The summed E-state index contributed by atoms with van der Waals surface area (Å²) in [6, 6.07) is 2.02. The molecule has 3 heteroatoms. The predicted molar refractivity (Wildman–Crippen MR) is 70.0 cm³/mol. The van der Waals surface area contributed by atoms with Crippen LogP contribution in [0.25, 0.3) is 0 Å². The highest BCUT2D eigenvalue weighted by Crippen LogP contribution is 2.33. The summed E-state index contributed by atoms with van der Waals surface area (Å²) in [6.45, 7) is 3.99. The molecule has 1 aliphatic rings. The van der Waals surface area contributed by atoms with Gasteiger partial charge in [-0.1, -0.05) is 12.8 Å². The fraction of sp³-hybridized carbons (Fsp3) is 0.714. The Balaban J connectivity index is 1.86. The maximum atomic E-state index is 5.45. The summed E-state index contributed by atoms with van der Waals surface area (Å²) in [5, 5.41) is 3.56. The zero-order valence-corrected chi connectivity index (χ0v) is 11.3. The van der Waals surface area contributed by atoms with Crippen LogP contribution < -0.4 is 5.32 Å². The van der Waals surface area contributed by atoms with Crippen LogP contribution in [0.2, 0.25) is 0 Å². The highest BCUT2D eigenvalue weighted by atomic mass is 16.3. The van der Waals surface area contributed by atoms with Gasteiger partial charge in [0.1, 0.15) is 5.76 Å². The van der Waals surface area contributed by atoms with Gasteiger partial charge in [-0.3, -0.25) is 0 Å². The zero-order chi connectivity index (χ0) is 12.3. The van der Waals surface area contributed by atoms with Crippen molar-refractivity contribution < 1.29 is 4.42 Å². The molecule has 0 atom stereocenters. The number of aryl methyl sites for hydroxylation is 1. The lowest BCUT2D eigenvalue weighted by Crippen LogP contribution is -2.49. The van der Waals surface area contributed by atoms with Crippen LogP contribution in [-0.2, 0) is 6.54 Å². The van der Waals surface area contributed by atoms with Crippen molar-refractivity contribution in [2.45, 2.75) is 44.7 Å². The van der Waals surface area contributed by atoms with Gasteiger partial charge in [-0.25, -0.2) is 0 Å². The number of likely N-dealkylation sites (N-methyl/N-ethyl adjacent to an activating group) is 1. The molecule has 96 valence electrons. The molecule has 0 radical (unpaired) electrons. The molecule has 2 rings (SSSR count). The minimum Gasteiger partial charge on any atom is -0.468 e. The van der Waals surface area contributed by atoms with Crippen molar-refractivity contribution in [2.75, 3.05) is 20.6 Å². The first kappa shape index (κ1) is 12.7. The summed E-state index contributed by atoms with van der Waals surface area (Å²) in [4.78, 5) is 2.39. The van der Waals surface area contributed by atoms with Crippen molar-refractivity contribution in [1.29, 1.82) is 0 Å². The average molecular weight is 236 g/mol. The Labute approximate surface area is 104 Å². The van der Waals surface area contributed by atoms with Crippen molar-refractivity contribution in [3.8, 4) is 0 Å². The van der Waals surface area contributed by atoms with E-state index < -0.39 is 0 Å². The number of nitrogens with zero attached hydrogens (tertiary/aromatic N) is 1. The molecule has 1 N–H and O–H groups in total. The van der Waals surface area contributed by atoms with Crippen molar-refractivity contribution >= 4 is 0 Å². The van der Waals surface area contributed by atoms with Gasteiger partial charge in [0.15, 0.2) is 0 Å². The van der Waals surface area contributed by atoms with E-state index in [1.807, 2.05) is 6.07 Å². The summed E-state index contributed by atoms with van der Waals surface area (Å²) in [5.41, 5.74) is 1.60. The van der Waals surface area contributed by atoms with Gasteiger partial charge < -0.3 is 14.6 Å². The van der Waals surface area contributed by atoms with Crippen LogP contribution in [0.15, 0.2) is 16.7 Å². The van der Waals surface area contributed by atoms with Crippen LogP contribution >= 0.6 is 0 Å². The van der Waals surface area contributed by atoms with Gasteiger partial charge in [-0.05, 0) is 45.5 Å². The van der Waals surface area contributed by atoms with Crippen LogP contribution in [0.3, 0.4) is 0 Å². The van der Waals surface area contributed by atoms with Crippen LogP contribution in [0.1, 0.15) is 37.0 Å². The van der Waals surface area contributed by atoms with Gasteiger partial charge in [0.2, 0.25) is 0 Å². The summed E-state index contributed by atoms with van der Waals surface area (Å²) >= 11 is 0. The highest BCUT2D eigenvalue weighted by Gasteiger charge is 2.35. The smallest absolute Gasteiger partial charge is 0.120 e. The molecule has 0 aliphatic heterocycles. The van der Waals surface area contributed by atoms with Crippen LogP contribution in [0, 0.1) is 6.92 Å².